The number of carbonyl (C=O) groups is 1. The summed E-state index contributed by atoms with van der Waals surface area (Å²) in [6.45, 7) is 9.55. The van der Waals surface area contributed by atoms with Crippen molar-refractivity contribution in [1.29, 1.82) is 0 Å². The van der Waals surface area contributed by atoms with E-state index in [0.717, 1.165) is 19.5 Å². The zero-order valence-corrected chi connectivity index (χ0v) is 13.1. The second-order valence-corrected chi connectivity index (χ2v) is 6.34. The fraction of sp³-hybridized carbons (Fsp3) is 0.588. The number of rotatable bonds is 8. The maximum Gasteiger partial charge on any atom is 0.309 e. The number of carboxylic acids is 1. The Hall–Kier alpha value is -1.35. The third-order valence-corrected chi connectivity index (χ3v) is 3.74. The van der Waals surface area contributed by atoms with Crippen LogP contribution in [0.4, 0.5) is 0 Å². The minimum atomic E-state index is -0.733. The molecule has 0 atom stereocenters. The van der Waals surface area contributed by atoms with E-state index in [-0.39, 0.29) is 0 Å². The zero-order valence-electron chi connectivity index (χ0n) is 13.1. The van der Waals surface area contributed by atoms with Crippen molar-refractivity contribution >= 4 is 5.97 Å². The van der Waals surface area contributed by atoms with Crippen molar-refractivity contribution in [2.24, 2.45) is 5.41 Å². The molecule has 0 aromatic heterocycles. The van der Waals surface area contributed by atoms with Crippen LogP contribution in [0.5, 0.6) is 0 Å². The molecule has 3 heteroatoms. The lowest BCUT2D eigenvalue weighted by Gasteiger charge is -2.18. The summed E-state index contributed by atoms with van der Waals surface area (Å²) in [5.41, 5.74) is 2.04. The third-order valence-electron chi connectivity index (χ3n) is 3.74. The van der Waals surface area contributed by atoms with Crippen LogP contribution in [0.1, 0.15) is 51.2 Å². The van der Waals surface area contributed by atoms with E-state index in [9.17, 15) is 4.79 Å². The fourth-order valence-electron chi connectivity index (χ4n) is 1.93. The van der Waals surface area contributed by atoms with Gasteiger partial charge in [-0.2, -0.15) is 0 Å². The molecule has 0 spiro atoms. The summed E-state index contributed by atoms with van der Waals surface area (Å²) in [5.74, 6) is -0.163. The lowest BCUT2D eigenvalue weighted by Crippen LogP contribution is -2.29. The summed E-state index contributed by atoms with van der Waals surface area (Å²) in [6.07, 6.45) is 1.63. The smallest absolute Gasteiger partial charge is 0.309 e. The molecule has 2 N–H and O–H groups in total. The van der Waals surface area contributed by atoms with Crippen molar-refractivity contribution in [3.63, 3.8) is 0 Å². The van der Waals surface area contributed by atoms with E-state index in [4.69, 9.17) is 5.11 Å². The first-order chi connectivity index (χ1) is 9.33. The fourth-order valence-corrected chi connectivity index (χ4v) is 1.93. The van der Waals surface area contributed by atoms with E-state index in [1.54, 1.807) is 13.8 Å². The minimum Gasteiger partial charge on any atom is -0.481 e. The first-order valence-electron chi connectivity index (χ1n) is 7.36. The molecule has 0 aliphatic heterocycles. The zero-order chi connectivity index (χ0) is 15.2. The van der Waals surface area contributed by atoms with E-state index in [0.29, 0.717) is 12.3 Å². The molecule has 0 aliphatic carbocycles. The Kier molecular flexibility index (Phi) is 6.21. The standard InChI is InChI=1S/C17H27NO2/c1-13(2)15-7-5-14(6-8-15)9-11-18-12-10-17(3,4)16(19)20/h5-8,13,18H,9-12H2,1-4H3,(H,19,20). The Morgan fingerprint density at radius 3 is 2.30 bits per heavy atom. The lowest BCUT2D eigenvalue weighted by molar-refractivity contribution is -0.147. The van der Waals surface area contributed by atoms with Crippen LogP contribution in [-0.2, 0) is 11.2 Å². The predicted molar refractivity (Wildman–Crippen MR) is 83.1 cm³/mol. The quantitative estimate of drug-likeness (QED) is 0.716. The molecule has 1 aromatic rings. The molecule has 0 fully saturated rings. The summed E-state index contributed by atoms with van der Waals surface area (Å²) in [4.78, 5) is 11.0. The highest BCUT2D eigenvalue weighted by molar-refractivity contribution is 5.73. The summed E-state index contributed by atoms with van der Waals surface area (Å²) >= 11 is 0. The van der Waals surface area contributed by atoms with Gasteiger partial charge in [0.2, 0.25) is 0 Å². The minimum absolute atomic E-state index is 0.570. The van der Waals surface area contributed by atoms with Gasteiger partial charge < -0.3 is 10.4 Å². The summed E-state index contributed by atoms with van der Waals surface area (Å²) < 4.78 is 0. The van der Waals surface area contributed by atoms with Crippen molar-refractivity contribution in [1.82, 2.24) is 5.32 Å². The first-order valence-corrected chi connectivity index (χ1v) is 7.36. The maximum atomic E-state index is 11.0. The summed E-state index contributed by atoms with van der Waals surface area (Å²) in [6, 6.07) is 8.73. The van der Waals surface area contributed by atoms with E-state index >= 15 is 0 Å². The molecule has 1 aromatic carbocycles. The molecule has 0 unspecified atom stereocenters. The van der Waals surface area contributed by atoms with Gasteiger partial charge in [-0.05, 0) is 56.8 Å². The van der Waals surface area contributed by atoms with Crippen LogP contribution in [0.25, 0.3) is 0 Å². The molecule has 0 bridgehead atoms. The molecule has 0 saturated carbocycles. The molecule has 0 aliphatic rings. The molecular formula is C17H27NO2. The molecule has 0 saturated heterocycles. The van der Waals surface area contributed by atoms with Crippen LogP contribution in [-0.4, -0.2) is 24.2 Å². The average molecular weight is 277 g/mol. The van der Waals surface area contributed by atoms with Crippen LogP contribution in [0, 0.1) is 5.41 Å². The van der Waals surface area contributed by atoms with Gasteiger partial charge in [0.25, 0.3) is 0 Å². The van der Waals surface area contributed by atoms with Gasteiger partial charge in [0.05, 0.1) is 5.41 Å². The number of nitrogens with one attached hydrogen (secondary N) is 1. The number of hydrogen-bond donors (Lipinski definition) is 2. The second kappa shape index (κ2) is 7.44. The lowest BCUT2D eigenvalue weighted by atomic mass is 9.90. The van der Waals surface area contributed by atoms with Crippen molar-refractivity contribution in [2.45, 2.75) is 46.5 Å². The van der Waals surface area contributed by atoms with E-state index < -0.39 is 11.4 Å². The topological polar surface area (TPSA) is 49.3 Å². The maximum absolute atomic E-state index is 11.0. The van der Waals surface area contributed by atoms with Gasteiger partial charge in [-0.1, -0.05) is 38.1 Å². The molecule has 0 amide bonds. The Balaban J connectivity index is 2.26. The largest absolute Gasteiger partial charge is 0.481 e. The Morgan fingerprint density at radius 1 is 1.20 bits per heavy atom. The van der Waals surface area contributed by atoms with E-state index in [2.05, 4.69) is 43.4 Å². The highest BCUT2D eigenvalue weighted by Gasteiger charge is 2.25. The van der Waals surface area contributed by atoms with Crippen LogP contribution < -0.4 is 5.32 Å². The third kappa shape index (κ3) is 5.33. The predicted octanol–water partition coefficient (Wildman–Crippen LogP) is 3.44. The van der Waals surface area contributed by atoms with Gasteiger partial charge in [0.15, 0.2) is 0 Å². The monoisotopic (exact) mass is 277 g/mol. The normalized spacial score (nSPS) is 11.8. The number of carboxylic acid groups (broad SMARTS) is 1. The van der Waals surface area contributed by atoms with Crippen LogP contribution in [0.2, 0.25) is 0 Å². The second-order valence-electron chi connectivity index (χ2n) is 6.34. The molecule has 20 heavy (non-hydrogen) atoms. The highest BCUT2D eigenvalue weighted by Crippen LogP contribution is 2.19. The van der Waals surface area contributed by atoms with Gasteiger partial charge in [-0.25, -0.2) is 0 Å². The van der Waals surface area contributed by atoms with E-state index in [1.807, 2.05) is 0 Å². The molecule has 3 nitrogen and oxygen atoms in total. The first kappa shape index (κ1) is 16.7. The summed E-state index contributed by atoms with van der Waals surface area (Å²) in [5, 5.41) is 12.3. The Bertz CT molecular complexity index is 421. The molecule has 1 rings (SSSR count). The Morgan fingerprint density at radius 2 is 1.80 bits per heavy atom. The van der Waals surface area contributed by atoms with Gasteiger partial charge in [-0.3, -0.25) is 4.79 Å². The molecule has 112 valence electrons. The molecule has 0 heterocycles. The van der Waals surface area contributed by atoms with E-state index in [1.165, 1.54) is 11.1 Å². The number of hydrogen-bond acceptors (Lipinski definition) is 2. The molecular weight excluding hydrogens is 250 g/mol. The van der Waals surface area contributed by atoms with Crippen molar-refractivity contribution in [3.8, 4) is 0 Å². The molecule has 0 radical (unpaired) electrons. The summed E-state index contributed by atoms with van der Waals surface area (Å²) in [7, 11) is 0. The van der Waals surface area contributed by atoms with Gasteiger partial charge in [0.1, 0.15) is 0 Å². The van der Waals surface area contributed by atoms with Gasteiger partial charge >= 0.3 is 5.97 Å². The van der Waals surface area contributed by atoms with Gasteiger partial charge in [0, 0.05) is 0 Å². The van der Waals surface area contributed by atoms with Crippen LogP contribution >= 0.6 is 0 Å². The average Bonchev–Trinajstić information content (AvgIpc) is 2.38. The van der Waals surface area contributed by atoms with Gasteiger partial charge in [-0.15, -0.1) is 0 Å². The van der Waals surface area contributed by atoms with Crippen molar-refractivity contribution in [2.75, 3.05) is 13.1 Å². The van der Waals surface area contributed by atoms with Crippen molar-refractivity contribution < 1.29 is 9.90 Å². The van der Waals surface area contributed by atoms with Crippen LogP contribution in [0.15, 0.2) is 24.3 Å². The Labute approximate surface area is 122 Å². The van der Waals surface area contributed by atoms with Crippen molar-refractivity contribution in [3.05, 3.63) is 35.4 Å². The SMILES string of the molecule is CC(C)c1ccc(CCNCCC(C)(C)C(=O)O)cc1. The van der Waals surface area contributed by atoms with Crippen LogP contribution in [0.3, 0.4) is 0 Å². The number of aliphatic carboxylic acids is 1. The number of benzene rings is 1. The highest BCUT2D eigenvalue weighted by atomic mass is 16.4.